The maximum atomic E-state index is 8.07. The first-order valence-corrected chi connectivity index (χ1v) is 36.5. The number of anilines is 8. The normalized spacial score (nSPS) is 25.4. The minimum absolute atomic E-state index is 0.00397. The highest BCUT2D eigenvalue weighted by Crippen LogP contribution is 2.66. The lowest BCUT2D eigenvalue weighted by molar-refractivity contribution is 0.195. The van der Waals surface area contributed by atoms with Gasteiger partial charge in [0, 0.05) is 59.4 Å². The van der Waals surface area contributed by atoms with E-state index < -0.39 is 0 Å². The lowest BCUT2D eigenvalue weighted by Crippen LogP contribution is -2.60. The Morgan fingerprint density at radius 2 is 0.978 bits per heavy atom. The van der Waals surface area contributed by atoms with Gasteiger partial charge in [0.1, 0.15) is 5.58 Å². The second-order valence-corrected chi connectivity index (χ2v) is 39.0. The van der Waals surface area contributed by atoms with Crippen molar-refractivity contribution < 1.29 is 4.42 Å². The third-order valence-corrected chi connectivity index (χ3v) is 28.6. The molecule has 9 aliphatic rings. The van der Waals surface area contributed by atoms with E-state index in [4.69, 9.17) is 4.42 Å². The molecule has 4 nitrogen and oxygen atoms in total. The maximum Gasteiger partial charge on any atom is 0.269 e. The van der Waals surface area contributed by atoms with Crippen LogP contribution in [0.4, 0.5) is 45.7 Å². The molecule has 472 valence electrons. The Bertz CT molecular complexity index is 4610. The molecular weight excluding hydrogens is 1120 g/mol. The number of furan rings is 1. The predicted molar refractivity (Wildman–Crippen MR) is 392 cm³/mol. The average molecular weight is 1220 g/mol. The van der Waals surface area contributed by atoms with Gasteiger partial charge >= 0.3 is 0 Å². The minimum atomic E-state index is -0.182. The van der Waals surface area contributed by atoms with Gasteiger partial charge < -0.3 is 14.2 Å². The Labute approximate surface area is 550 Å². The summed E-state index contributed by atoms with van der Waals surface area (Å²) in [6, 6.07) is 31.9. The molecule has 0 saturated heterocycles. The quantitative estimate of drug-likeness (QED) is 0.161. The molecule has 2 atom stereocenters. The van der Waals surface area contributed by atoms with Crippen molar-refractivity contribution >= 4 is 101 Å². The Balaban J connectivity index is 1.07. The van der Waals surface area contributed by atoms with E-state index in [-0.39, 0.29) is 66.4 Å². The van der Waals surface area contributed by atoms with Gasteiger partial charge in [-0.25, -0.2) is 0 Å². The third kappa shape index (κ3) is 7.53. The lowest BCUT2D eigenvalue weighted by atomic mass is 9.36. The van der Waals surface area contributed by atoms with Crippen molar-refractivity contribution in [3.63, 3.8) is 0 Å². The SMILES string of the molecule is Cc1cc2c(cc1N1c3cc(N4c5ccc(C(C)(C)C)cc5C5(C)CCCCC45C)cc4c3B(c3sc5cc6c(c7c5c3N4c3cc4c(cc3-7)C(C)(C)CCC4(C)C)C(C)(C)CCC6(C)C)c3c1oc1cc4c(cc31)C(C)(C)CCC4(C)C)C(C)(C)CCC2(C)C. The van der Waals surface area contributed by atoms with Crippen LogP contribution in [0.25, 0.3) is 32.2 Å². The lowest BCUT2D eigenvalue weighted by Gasteiger charge is -2.51. The average Bonchev–Trinajstić information content (AvgIpc) is 1.61. The number of hydrogen-bond acceptors (Lipinski definition) is 5. The predicted octanol–water partition coefficient (Wildman–Crippen LogP) is 22.5. The maximum absolute atomic E-state index is 8.07. The Morgan fingerprint density at radius 3 is 1.58 bits per heavy atom. The molecule has 0 spiro atoms. The summed E-state index contributed by atoms with van der Waals surface area (Å²) in [5, 5.41) is 2.76. The van der Waals surface area contributed by atoms with Gasteiger partial charge in [0.2, 0.25) is 5.88 Å². The van der Waals surface area contributed by atoms with Crippen LogP contribution in [-0.2, 0) is 54.1 Å². The van der Waals surface area contributed by atoms with Crippen LogP contribution in [0.5, 0.6) is 0 Å². The number of rotatable bonds is 2. The molecule has 6 aromatic carbocycles. The second-order valence-electron chi connectivity index (χ2n) is 37.9. The smallest absolute Gasteiger partial charge is 0.269 e. The van der Waals surface area contributed by atoms with E-state index in [0.29, 0.717) is 0 Å². The summed E-state index contributed by atoms with van der Waals surface area (Å²) in [6.45, 7) is 55.3. The highest BCUT2D eigenvalue weighted by molar-refractivity contribution is 7.34. The molecule has 0 radical (unpaired) electrons. The molecule has 2 unspecified atom stereocenters. The Hall–Kier alpha value is -5.72. The van der Waals surface area contributed by atoms with Crippen LogP contribution in [0.3, 0.4) is 0 Å². The van der Waals surface area contributed by atoms with Crippen LogP contribution < -0.4 is 30.4 Å². The molecule has 4 aliphatic heterocycles. The monoisotopic (exact) mass is 1220 g/mol. The van der Waals surface area contributed by atoms with Gasteiger partial charge in [0.05, 0.1) is 22.6 Å². The Kier molecular flexibility index (Phi) is 11.4. The van der Waals surface area contributed by atoms with E-state index >= 15 is 0 Å². The van der Waals surface area contributed by atoms with E-state index in [1.807, 2.05) is 0 Å². The van der Waals surface area contributed by atoms with Crippen LogP contribution in [0.2, 0.25) is 0 Å². The van der Waals surface area contributed by atoms with Crippen LogP contribution >= 0.6 is 11.3 Å². The van der Waals surface area contributed by atoms with Crippen molar-refractivity contribution in [1.82, 2.24) is 0 Å². The molecule has 91 heavy (non-hydrogen) atoms. The molecule has 1 fully saturated rings. The van der Waals surface area contributed by atoms with Crippen LogP contribution in [-0.4, -0.2) is 12.3 Å². The number of hydrogen-bond donors (Lipinski definition) is 0. The molecule has 0 bridgehead atoms. The summed E-state index contributed by atoms with van der Waals surface area (Å²) >= 11 is 2.12. The molecule has 6 heteroatoms. The summed E-state index contributed by atoms with van der Waals surface area (Å²) in [4.78, 5) is 8.54. The molecule has 0 N–H and O–H groups in total. The first-order valence-electron chi connectivity index (χ1n) is 35.7. The first-order chi connectivity index (χ1) is 42.3. The van der Waals surface area contributed by atoms with Gasteiger partial charge in [-0.15, -0.1) is 11.3 Å². The molecule has 0 amide bonds. The zero-order valence-corrected chi connectivity index (χ0v) is 60.5. The zero-order valence-electron chi connectivity index (χ0n) is 59.6. The summed E-state index contributed by atoms with van der Waals surface area (Å²) < 4.78 is 11.0. The Morgan fingerprint density at radius 1 is 0.462 bits per heavy atom. The summed E-state index contributed by atoms with van der Waals surface area (Å²) in [5.74, 6) is 1.00. The van der Waals surface area contributed by atoms with Gasteiger partial charge in [-0.2, -0.15) is 0 Å². The van der Waals surface area contributed by atoms with Crippen molar-refractivity contribution in [2.45, 2.75) is 289 Å². The van der Waals surface area contributed by atoms with Crippen molar-refractivity contribution in [3.05, 3.63) is 134 Å². The van der Waals surface area contributed by atoms with Gasteiger partial charge in [-0.1, -0.05) is 170 Å². The van der Waals surface area contributed by atoms with E-state index in [0.717, 1.165) is 37.2 Å². The minimum Gasteiger partial charge on any atom is -0.440 e. The van der Waals surface area contributed by atoms with Crippen LogP contribution in [0.1, 0.15) is 284 Å². The van der Waals surface area contributed by atoms with Gasteiger partial charge in [0.15, 0.2) is 0 Å². The molecule has 1 saturated carbocycles. The van der Waals surface area contributed by atoms with Crippen molar-refractivity contribution in [2.24, 2.45) is 0 Å². The van der Waals surface area contributed by atoms with E-state index in [1.165, 1.54) is 178 Å². The summed E-state index contributed by atoms with van der Waals surface area (Å²) in [7, 11) is 0. The van der Waals surface area contributed by atoms with Gasteiger partial charge in [-0.05, 0) is 254 Å². The molecule has 5 aliphatic carbocycles. The van der Waals surface area contributed by atoms with Crippen molar-refractivity contribution in [3.8, 4) is 11.1 Å². The van der Waals surface area contributed by atoms with E-state index in [2.05, 4.69) is 251 Å². The van der Waals surface area contributed by atoms with Crippen LogP contribution in [0, 0.1) is 6.92 Å². The molecule has 6 heterocycles. The topological polar surface area (TPSA) is 22.9 Å². The number of thiophene rings is 1. The zero-order chi connectivity index (χ0) is 64.4. The fourth-order valence-electron chi connectivity index (χ4n) is 20.8. The van der Waals surface area contributed by atoms with Crippen molar-refractivity contribution in [1.29, 1.82) is 0 Å². The summed E-state index contributed by atoms with van der Waals surface area (Å²) in [5.41, 5.74) is 32.4. The van der Waals surface area contributed by atoms with Gasteiger partial charge in [-0.3, -0.25) is 4.90 Å². The highest BCUT2D eigenvalue weighted by Gasteiger charge is 2.60. The van der Waals surface area contributed by atoms with Gasteiger partial charge in [0.25, 0.3) is 6.71 Å². The largest absolute Gasteiger partial charge is 0.440 e. The molecule has 8 aromatic rings. The highest BCUT2D eigenvalue weighted by atomic mass is 32.1. The molecular formula is C85H102BN3OS. The fraction of sp³-hybridized carbons (Fsp3) is 0.529. The number of nitrogens with zero attached hydrogens (tertiary/aromatic N) is 3. The third-order valence-electron chi connectivity index (χ3n) is 27.4. The summed E-state index contributed by atoms with van der Waals surface area (Å²) in [6.07, 6.45) is 14.1. The number of fused-ring (bicyclic) bond motifs is 17. The van der Waals surface area contributed by atoms with Crippen LogP contribution in [0.15, 0.2) is 77.2 Å². The van der Waals surface area contributed by atoms with E-state index in [1.54, 1.807) is 16.7 Å². The standard InChI is InChI=1S/C85H102BN3OS/c1-47-37-52-55(79(11,12)32-29-76(52,5)6)43-61(47)88-64-40-49(89-60-26-25-48(75(2,3)4)38-58(60)84(21)27-23-24-28-85(84,89)22)39-63-71(64)86(70-51-42-54-57(45-65(51)90-74(70)88)81(15,16)34-31-78(54,9)10)73-72-68-66(91-73)46-59-69(83(19,20)36-35-82(59,17)18)67(68)50-41-53-56(44-62(50)87(63)72)80(13,14)33-30-77(53,7)8/h25-26,37-46H,23-24,27-36H2,1-22H3. The molecule has 17 rings (SSSR count). The van der Waals surface area contributed by atoms with E-state index in [9.17, 15) is 0 Å². The fourth-order valence-corrected chi connectivity index (χ4v) is 22.1. The number of aryl methyl sites for hydroxylation is 1. The first kappa shape index (κ1) is 59.1. The second kappa shape index (κ2) is 17.6. The molecule has 2 aromatic heterocycles. The number of benzene rings is 6. The van der Waals surface area contributed by atoms with Crippen molar-refractivity contribution in [2.75, 3.05) is 14.7 Å².